The first-order chi connectivity index (χ1) is 6.75. The fraction of sp³-hybridized carbons (Fsp3) is 0.500. The predicted octanol–water partition coefficient (Wildman–Crippen LogP) is 1.29. The Balaban J connectivity index is 1.86. The van der Waals surface area contributed by atoms with Gasteiger partial charge in [-0.3, -0.25) is 4.90 Å². The number of benzene rings is 1. The molecule has 1 N–H and O–H groups in total. The summed E-state index contributed by atoms with van der Waals surface area (Å²) in [7, 11) is 0. The zero-order valence-electron chi connectivity index (χ0n) is 8.56. The molecule has 1 saturated heterocycles. The Morgan fingerprint density at radius 3 is 2.57 bits per heavy atom. The van der Waals surface area contributed by atoms with Crippen LogP contribution in [0.2, 0.25) is 0 Å². The largest absolute Gasteiger partial charge is 0.390 e. The molecule has 0 spiro atoms. The molecule has 0 bridgehead atoms. The van der Waals surface area contributed by atoms with E-state index in [1.54, 1.807) is 0 Å². The van der Waals surface area contributed by atoms with E-state index >= 15 is 0 Å². The van der Waals surface area contributed by atoms with Crippen molar-refractivity contribution >= 4 is 0 Å². The Labute approximate surface area is 85.2 Å². The van der Waals surface area contributed by atoms with Gasteiger partial charge in [0.25, 0.3) is 0 Å². The highest BCUT2D eigenvalue weighted by molar-refractivity contribution is 5.15. The Morgan fingerprint density at radius 2 is 2.00 bits per heavy atom. The summed E-state index contributed by atoms with van der Waals surface area (Å²) < 4.78 is 0. The van der Waals surface area contributed by atoms with E-state index in [0.29, 0.717) is 6.04 Å². The number of rotatable bonds is 3. The van der Waals surface area contributed by atoms with Crippen LogP contribution in [0.15, 0.2) is 30.3 Å². The normalized spacial score (nSPS) is 20.4. The van der Waals surface area contributed by atoms with Crippen LogP contribution in [0, 0.1) is 0 Å². The molecular formula is C12H17NO. The Kier molecular flexibility index (Phi) is 2.85. The molecule has 0 unspecified atom stereocenters. The van der Waals surface area contributed by atoms with Crippen molar-refractivity contribution in [2.75, 3.05) is 13.1 Å². The van der Waals surface area contributed by atoms with Crippen molar-refractivity contribution in [1.29, 1.82) is 0 Å². The fourth-order valence-electron chi connectivity index (χ4n) is 1.93. The van der Waals surface area contributed by atoms with Crippen LogP contribution in [0.4, 0.5) is 0 Å². The highest BCUT2D eigenvalue weighted by Gasteiger charge is 2.28. The molecule has 1 atom stereocenters. The lowest BCUT2D eigenvalue weighted by Crippen LogP contribution is -2.55. The number of aliphatic hydroxyl groups is 1. The van der Waals surface area contributed by atoms with Crippen LogP contribution in [-0.2, 0) is 6.42 Å². The molecule has 0 radical (unpaired) electrons. The summed E-state index contributed by atoms with van der Waals surface area (Å²) in [5, 5.41) is 9.19. The van der Waals surface area contributed by atoms with E-state index in [1.165, 1.54) is 5.56 Å². The Morgan fingerprint density at radius 1 is 1.36 bits per heavy atom. The van der Waals surface area contributed by atoms with Crippen molar-refractivity contribution in [3.05, 3.63) is 35.9 Å². The van der Waals surface area contributed by atoms with Crippen molar-refractivity contribution in [2.45, 2.75) is 25.5 Å². The van der Waals surface area contributed by atoms with Crippen LogP contribution < -0.4 is 0 Å². The molecule has 14 heavy (non-hydrogen) atoms. The average Bonchev–Trinajstić information content (AvgIpc) is 2.14. The van der Waals surface area contributed by atoms with Crippen LogP contribution in [-0.4, -0.2) is 35.2 Å². The summed E-state index contributed by atoms with van der Waals surface area (Å²) >= 11 is 0. The zero-order valence-corrected chi connectivity index (χ0v) is 8.56. The monoisotopic (exact) mass is 191 g/mol. The smallest absolute Gasteiger partial charge is 0.0794 e. The lowest BCUT2D eigenvalue weighted by atomic mass is 10.0. The fourth-order valence-corrected chi connectivity index (χ4v) is 1.93. The molecule has 1 aliphatic heterocycles. The highest BCUT2D eigenvalue weighted by atomic mass is 16.3. The number of likely N-dealkylation sites (tertiary alicyclic amines) is 1. The van der Waals surface area contributed by atoms with E-state index in [2.05, 4.69) is 36.1 Å². The van der Waals surface area contributed by atoms with Gasteiger partial charge in [0.05, 0.1) is 6.10 Å². The molecule has 1 heterocycles. The third kappa shape index (κ3) is 2.14. The topological polar surface area (TPSA) is 23.5 Å². The van der Waals surface area contributed by atoms with Crippen molar-refractivity contribution in [1.82, 2.24) is 4.90 Å². The van der Waals surface area contributed by atoms with E-state index in [0.717, 1.165) is 19.5 Å². The van der Waals surface area contributed by atoms with E-state index in [-0.39, 0.29) is 6.10 Å². The van der Waals surface area contributed by atoms with Crippen LogP contribution in [0.1, 0.15) is 12.5 Å². The molecule has 0 aliphatic carbocycles. The van der Waals surface area contributed by atoms with Gasteiger partial charge in [-0.1, -0.05) is 30.3 Å². The van der Waals surface area contributed by atoms with Crippen molar-refractivity contribution in [3.63, 3.8) is 0 Å². The van der Waals surface area contributed by atoms with Gasteiger partial charge in [-0.25, -0.2) is 0 Å². The summed E-state index contributed by atoms with van der Waals surface area (Å²) in [6.45, 7) is 3.90. The third-order valence-electron chi connectivity index (χ3n) is 2.89. The van der Waals surface area contributed by atoms with Gasteiger partial charge in [0.15, 0.2) is 0 Å². The van der Waals surface area contributed by atoms with Gasteiger partial charge in [0, 0.05) is 19.1 Å². The molecule has 0 saturated carbocycles. The maximum absolute atomic E-state index is 9.19. The van der Waals surface area contributed by atoms with Crippen molar-refractivity contribution in [2.24, 2.45) is 0 Å². The first-order valence-corrected chi connectivity index (χ1v) is 5.22. The molecule has 1 aromatic carbocycles. The summed E-state index contributed by atoms with van der Waals surface area (Å²) in [4.78, 5) is 2.32. The molecule has 2 rings (SSSR count). The van der Waals surface area contributed by atoms with E-state index < -0.39 is 0 Å². The van der Waals surface area contributed by atoms with Gasteiger partial charge in [-0.2, -0.15) is 0 Å². The first kappa shape index (κ1) is 9.69. The molecule has 0 amide bonds. The maximum atomic E-state index is 9.19. The van der Waals surface area contributed by atoms with Crippen LogP contribution in [0.25, 0.3) is 0 Å². The second-order valence-corrected chi connectivity index (χ2v) is 4.15. The standard InChI is InChI=1S/C12H17NO/c1-10(13-8-12(14)9-13)7-11-5-3-2-4-6-11/h2-6,10,12,14H,7-9H2,1H3/t10-/m1/s1. The van der Waals surface area contributed by atoms with E-state index in [4.69, 9.17) is 0 Å². The van der Waals surface area contributed by atoms with Gasteiger partial charge in [-0.15, -0.1) is 0 Å². The molecular weight excluding hydrogens is 174 g/mol. The van der Waals surface area contributed by atoms with Crippen molar-refractivity contribution < 1.29 is 5.11 Å². The lowest BCUT2D eigenvalue weighted by molar-refractivity contribution is -0.0202. The number of β-amino-alcohol motifs (C(OH)–C–C–N with tert-alkyl or cyclic N) is 1. The minimum absolute atomic E-state index is 0.0896. The lowest BCUT2D eigenvalue weighted by Gasteiger charge is -2.40. The predicted molar refractivity (Wildman–Crippen MR) is 57.2 cm³/mol. The molecule has 76 valence electrons. The molecule has 1 fully saturated rings. The second-order valence-electron chi connectivity index (χ2n) is 4.15. The Hall–Kier alpha value is -0.860. The van der Waals surface area contributed by atoms with Gasteiger partial charge in [0.2, 0.25) is 0 Å². The summed E-state index contributed by atoms with van der Waals surface area (Å²) in [5.41, 5.74) is 1.38. The Bertz CT molecular complexity index is 280. The number of hydrogen-bond acceptors (Lipinski definition) is 2. The molecule has 2 nitrogen and oxygen atoms in total. The number of aliphatic hydroxyl groups excluding tert-OH is 1. The van der Waals surface area contributed by atoms with Crippen molar-refractivity contribution in [3.8, 4) is 0 Å². The molecule has 1 aliphatic rings. The summed E-state index contributed by atoms with van der Waals surface area (Å²) in [5.74, 6) is 0. The van der Waals surface area contributed by atoms with Gasteiger partial charge >= 0.3 is 0 Å². The minimum atomic E-state index is -0.0896. The van der Waals surface area contributed by atoms with Crippen LogP contribution >= 0.6 is 0 Å². The van der Waals surface area contributed by atoms with E-state index in [9.17, 15) is 5.11 Å². The van der Waals surface area contributed by atoms with E-state index in [1.807, 2.05) is 6.07 Å². The molecule has 0 aromatic heterocycles. The SMILES string of the molecule is C[C@H](Cc1ccccc1)N1CC(O)C1. The molecule has 2 heteroatoms. The highest BCUT2D eigenvalue weighted by Crippen LogP contribution is 2.15. The van der Waals surface area contributed by atoms with Crippen LogP contribution in [0.3, 0.4) is 0 Å². The summed E-state index contributed by atoms with van der Waals surface area (Å²) in [6, 6.07) is 11.1. The first-order valence-electron chi connectivity index (χ1n) is 5.22. The zero-order chi connectivity index (χ0) is 9.97. The number of nitrogens with zero attached hydrogens (tertiary/aromatic N) is 1. The quantitative estimate of drug-likeness (QED) is 0.778. The molecule has 1 aromatic rings. The minimum Gasteiger partial charge on any atom is -0.390 e. The maximum Gasteiger partial charge on any atom is 0.0794 e. The average molecular weight is 191 g/mol. The summed E-state index contributed by atoms with van der Waals surface area (Å²) in [6.07, 6.45) is 0.987. The van der Waals surface area contributed by atoms with Gasteiger partial charge in [0.1, 0.15) is 0 Å². The second kappa shape index (κ2) is 4.11. The van der Waals surface area contributed by atoms with Gasteiger partial charge < -0.3 is 5.11 Å². The third-order valence-corrected chi connectivity index (χ3v) is 2.89. The number of hydrogen-bond donors (Lipinski definition) is 1. The van der Waals surface area contributed by atoms with Crippen LogP contribution in [0.5, 0.6) is 0 Å². The van der Waals surface area contributed by atoms with Gasteiger partial charge in [-0.05, 0) is 18.9 Å².